The number of carbonyl (C=O) groups excluding carboxylic acids is 1. The lowest BCUT2D eigenvalue weighted by atomic mass is 10.2. The molecule has 1 aromatic rings. The van der Waals surface area contributed by atoms with Gasteiger partial charge in [-0.3, -0.25) is 10.1 Å². The van der Waals surface area contributed by atoms with Crippen molar-refractivity contribution in [2.45, 2.75) is 12.5 Å². The van der Waals surface area contributed by atoms with Gasteiger partial charge in [0.05, 0.1) is 22.0 Å². The van der Waals surface area contributed by atoms with E-state index in [1.807, 2.05) is 0 Å². The van der Waals surface area contributed by atoms with Crippen LogP contribution < -0.4 is 0 Å². The molecule has 0 bridgehead atoms. The molecule has 0 spiro atoms. The van der Waals surface area contributed by atoms with Crippen LogP contribution in [0.3, 0.4) is 0 Å². The van der Waals surface area contributed by atoms with Crippen molar-refractivity contribution < 1.29 is 22.9 Å². The molecule has 0 N–H and O–H groups in total. The van der Waals surface area contributed by atoms with Gasteiger partial charge in [0.25, 0.3) is 5.69 Å². The first kappa shape index (κ1) is 13.5. The van der Waals surface area contributed by atoms with Gasteiger partial charge in [-0.25, -0.2) is 13.2 Å². The third-order valence-corrected chi connectivity index (χ3v) is 4.52. The van der Waals surface area contributed by atoms with Crippen LogP contribution in [0.25, 0.3) is 0 Å². The van der Waals surface area contributed by atoms with Gasteiger partial charge in [-0.15, -0.1) is 0 Å². The predicted octanol–water partition coefficient (Wildman–Crippen LogP) is 0.939. The largest absolute Gasteiger partial charge is 0.458 e. The van der Waals surface area contributed by atoms with Crippen molar-refractivity contribution in [3.63, 3.8) is 0 Å². The van der Waals surface area contributed by atoms with Gasteiger partial charge in [-0.05, 0) is 18.6 Å². The highest BCUT2D eigenvalue weighted by Gasteiger charge is 2.30. The van der Waals surface area contributed by atoms with Crippen LogP contribution in [0.1, 0.15) is 16.8 Å². The molecule has 1 aliphatic heterocycles. The van der Waals surface area contributed by atoms with Gasteiger partial charge in [0.1, 0.15) is 6.10 Å². The van der Waals surface area contributed by atoms with E-state index in [1.165, 1.54) is 24.3 Å². The quantitative estimate of drug-likeness (QED) is 0.465. The van der Waals surface area contributed by atoms with Crippen LogP contribution in [-0.2, 0) is 14.6 Å². The summed E-state index contributed by atoms with van der Waals surface area (Å²) in [4.78, 5) is 21.6. The molecule has 19 heavy (non-hydrogen) atoms. The monoisotopic (exact) mass is 285 g/mol. The zero-order valence-corrected chi connectivity index (χ0v) is 10.6. The van der Waals surface area contributed by atoms with E-state index >= 15 is 0 Å². The average molecular weight is 285 g/mol. The summed E-state index contributed by atoms with van der Waals surface area (Å²) in [5, 5.41) is 10.5. The van der Waals surface area contributed by atoms with Gasteiger partial charge in [-0.1, -0.05) is 0 Å². The third kappa shape index (κ3) is 3.28. The number of nitro groups is 1. The number of hydrogen-bond acceptors (Lipinski definition) is 6. The highest BCUT2D eigenvalue weighted by atomic mass is 32.2. The van der Waals surface area contributed by atoms with E-state index in [4.69, 9.17) is 4.74 Å². The van der Waals surface area contributed by atoms with Crippen molar-refractivity contribution in [1.82, 2.24) is 0 Å². The Kier molecular flexibility index (Phi) is 3.52. The van der Waals surface area contributed by atoms with Crippen LogP contribution in [0.4, 0.5) is 5.69 Å². The molecule has 8 heteroatoms. The number of non-ortho nitro benzene ring substituents is 1. The van der Waals surface area contributed by atoms with Gasteiger partial charge in [0.15, 0.2) is 9.84 Å². The summed E-state index contributed by atoms with van der Waals surface area (Å²) >= 11 is 0. The van der Waals surface area contributed by atoms with Gasteiger partial charge < -0.3 is 4.74 Å². The minimum atomic E-state index is -3.11. The second-order valence-electron chi connectivity index (χ2n) is 4.23. The summed E-state index contributed by atoms with van der Waals surface area (Å²) in [6, 6.07) is 4.96. The zero-order chi connectivity index (χ0) is 14.0. The number of ether oxygens (including phenoxy) is 1. The van der Waals surface area contributed by atoms with Crippen molar-refractivity contribution in [3.8, 4) is 0 Å². The van der Waals surface area contributed by atoms with Crippen LogP contribution in [0, 0.1) is 10.1 Å². The number of rotatable bonds is 3. The van der Waals surface area contributed by atoms with Crippen LogP contribution >= 0.6 is 0 Å². The number of benzene rings is 1. The SMILES string of the molecule is O=C(O[C@@H]1CCS(=O)(=O)C1)c1ccc([N+](=O)[O-])cc1. The summed E-state index contributed by atoms with van der Waals surface area (Å²) in [5.41, 5.74) is 0.0369. The van der Waals surface area contributed by atoms with Crippen molar-refractivity contribution in [3.05, 3.63) is 39.9 Å². The lowest BCUT2D eigenvalue weighted by molar-refractivity contribution is -0.384. The van der Waals surface area contributed by atoms with Crippen LogP contribution in [-0.4, -0.2) is 36.9 Å². The lowest BCUT2D eigenvalue weighted by Crippen LogP contribution is -2.19. The summed E-state index contributed by atoms with van der Waals surface area (Å²) in [7, 11) is -3.11. The molecule has 1 saturated heterocycles. The molecular weight excluding hydrogens is 274 g/mol. The molecule has 1 heterocycles. The first-order chi connectivity index (χ1) is 8.87. The Morgan fingerprint density at radius 2 is 1.95 bits per heavy atom. The van der Waals surface area contributed by atoms with Crippen molar-refractivity contribution in [1.29, 1.82) is 0 Å². The Bertz CT molecular complexity index is 607. The topological polar surface area (TPSA) is 104 Å². The predicted molar refractivity (Wildman–Crippen MR) is 65.6 cm³/mol. The smallest absolute Gasteiger partial charge is 0.338 e. The molecule has 1 aliphatic rings. The molecule has 7 nitrogen and oxygen atoms in total. The van der Waals surface area contributed by atoms with E-state index < -0.39 is 26.8 Å². The summed E-state index contributed by atoms with van der Waals surface area (Å²) < 4.78 is 27.5. The van der Waals surface area contributed by atoms with Crippen molar-refractivity contribution >= 4 is 21.5 Å². The van der Waals surface area contributed by atoms with E-state index in [-0.39, 0.29) is 22.8 Å². The fourth-order valence-corrected chi connectivity index (χ4v) is 3.38. The molecule has 0 saturated carbocycles. The second kappa shape index (κ2) is 4.96. The van der Waals surface area contributed by atoms with Gasteiger partial charge in [0, 0.05) is 12.1 Å². The maximum atomic E-state index is 11.7. The maximum Gasteiger partial charge on any atom is 0.338 e. The average Bonchev–Trinajstić information content (AvgIpc) is 2.68. The number of hydrogen-bond donors (Lipinski definition) is 0. The Balaban J connectivity index is 2.02. The number of nitrogens with zero attached hydrogens (tertiary/aromatic N) is 1. The molecule has 2 rings (SSSR count). The number of sulfone groups is 1. The van der Waals surface area contributed by atoms with E-state index in [0.29, 0.717) is 6.42 Å². The molecule has 1 aromatic carbocycles. The first-order valence-electron chi connectivity index (χ1n) is 5.53. The van der Waals surface area contributed by atoms with Crippen LogP contribution in [0.5, 0.6) is 0 Å². The van der Waals surface area contributed by atoms with E-state index in [2.05, 4.69) is 0 Å². The third-order valence-electron chi connectivity index (χ3n) is 2.78. The van der Waals surface area contributed by atoms with Gasteiger partial charge >= 0.3 is 5.97 Å². The van der Waals surface area contributed by atoms with Crippen molar-refractivity contribution in [2.24, 2.45) is 0 Å². The van der Waals surface area contributed by atoms with Crippen LogP contribution in [0.2, 0.25) is 0 Å². The zero-order valence-electron chi connectivity index (χ0n) is 9.81. The second-order valence-corrected chi connectivity index (χ2v) is 6.46. The molecular formula is C11H11NO6S. The molecule has 0 unspecified atom stereocenters. The van der Waals surface area contributed by atoms with Gasteiger partial charge in [-0.2, -0.15) is 0 Å². The molecule has 0 aliphatic carbocycles. The molecule has 0 amide bonds. The number of nitro benzene ring substituents is 1. The Labute approximate surface area is 109 Å². The van der Waals surface area contributed by atoms with E-state index in [9.17, 15) is 23.3 Å². The minimum Gasteiger partial charge on any atom is -0.458 e. The Morgan fingerprint density at radius 3 is 2.42 bits per heavy atom. The molecule has 102 valence electrons. The first-order valence-corrected chi connectivity index (χ1v) is 7.35. The summed E-state index contributed by atoms with van der Waals surface area (Å²) in [5.74, 6) is -0.811. The summed E-state index contributed by atoms with van der Waals surface area (Å²) in [6.45, 7) is 0. The number of esters is 1. The minimum absolute atomic E-state index is 0.0191. The molecule has 1 atom stereocenters. The fourth-order valence-electron chi connectivity index (χ4n) is 1.79. The molecule has 0 aromatic heterocycles. The van der Waals surface area contributed by atoms with Crippen LogP contribution in [0.15, 0.2) is 24.3 Å². The lowest BCUT2D eigenvalue weighted by Gasteiger charge is -2.09. The fraction of sp³-hybridized carbons (Fsp3) is 0.364. The Morgan fingerprint density at radius 1 is 1.32 bits per heavy atom. The van der Waals surface area contributed by atoms with E-state index in [0.717, 1.165) is 0 Å². The van der Waals surface area contributed by atoms with Gasteiger partial charge in [0.2, 0.25) is 0 Å². The standard InChI is InChI=1S/C11H11NO6S/c13-11(18-10-5-6-19(16,17)7-10)8-1-3-9(4-2-8)12(14)15/h1-4,10H,5-7H2/t10-/m1/s1. The summed E-state index contributed by atoms with van der Waals surface area (Å²) in [6.07, 6.45) is -0.339. The number of carbonyl (C=O) groups is 1. The van der Waals surface area contributed by atoms with Crippen molar-refractivity contribution in [2.75, 3.05) is 11.5 Å². The highest BCUT2D eigenvalue weighted by molar-refractivity contribution is 7.91. The molecule has 1 fully saturated rings. The maximum absolute atomic E-state index is 11.7. The normalized spacial score (nSPS) is 20.9. The molecule has 0 radical (unpaired) electrons. The Hall–Kier alpha value is -1.96. The highest BCUT2D eigenvalue weighted by Crippen LogP contribution is 2.18. The van der Waals surface area contributed by atoms with E-state index in [1.54, 1.807) is 0 Å².